The molecule has 0 unspecified atom stereocenters. The second kappa shape index (κ2) is 8.66. The molecule has 154 valence electrons. The minimum Gasteiger partial charge on any atom is -0.312 e. The van der Waals surface area contributed by atoms with Gasteiger partial charge in [-0.1, -0.05) is 26.8 Å². The fourth-order valence-electron chi connectivity index (χ4n) is 3.64. The Hall–Kier alpha value is -2.21. The highest BCUT2D eigenvalue weighted by Crippen LogP contribution is 2.39. The van der Waals surface area contributed by atoms with Gasteiger partial charge in [0.1, 0.15) is 11.1 Å². The van der Waals surface area contributed by atoms with Crippen molar-refractivity contribution in [3.05, 3.63) is 45.8 Å². The van der Waals surface area contributed by atoms with Crippen molar-refractivity contribution in [2.24, 2.45) is 5.92 Å². The highest BCUT2D eigenvalue weighted by molar-refractivity contribution is 7.89. The molecule has 1 atom stereocenters. The highest BCUT2D eigenvalue weighted by atomic mass is 32.2. The number of sulfonamides is 1. The first-order valence-electron chi connectivity index (χ1n) is 9.78. The van der Waals surface area contributed by atoms with Gasteiger partial charge in [-0.2, -0.15) is 9.57 Å². The third-order valence-corrected chi connectivity index (χ3v) is 8.51. The van der Waals surface area contributed by atoms with Crippen LogP contribution >= 0.6 is 11.3 Å². The summed E-state index contributed by atoms with van der Waals surface area (Å²) in [7, 11) is -3.65. The summed E-state index contributed by atoms with van der Waals surface area (Å²) in [5.74, 6) is 0.156. The van der Waals surface area contributed by atoms with Gasteiger partial charge in [-0.25, -0.2) is 8.42 Å². The molecule has 1 aliphatic rings. The summed E-state index contributed by atoms with van der Waals surface area (Å²) < 4.78 is 26.8. The van der Waals surface area contributed by atoms with Crippen LogP contribution in [0.3, 0.4) is 0 Å². The third kappa shape index (κ3) is 4.22. The number of nitrogens with one attached hydrogen (secondary N) is 1. The lowest BCUT2D eigenvalue weighted by molar-refractivity contribution is 0.102. The van der Waals surface area contributed by atoms with Gasteiger partial charge in [0.25, 0.3) is 5.91 Å². The first-order chi connectivity index (χ1) is 13.8. The van der Waals surface area contributed by atoms with Gasteiger partial charge in [-0.05, 0) is 48.9 Å². The van der Waals surface area contributed by atoms with Crippen molar-refractivity contribution in [3.8, 4) is 6.07 Å². The topological polar surface area (TPSA) is 90.3 Å². The van der Waals surface area contributed by atoms with Crippen LogP contribution in [0.25, 0.3) is 0 Å². The number of benzene rings is 1. The molecule has 1 amide bonds. The molecular formula is C21H25N3O3S2. The number of nitrogens with zero attached hydrogens (tertiary/aromatic N) is 2. The molecule has 1 aromatic carbocycles. The molecule has 1 heterocycles. The van der Waals surface area contributed by atoms with Gasteiger partial charge in [-0.3, -0.25) is 4.79 Å². The molecule has 0 spiro atoms. The summed E-state index contributed by atoms with van der Waals surface area (Å²) in [5, 5.41) is 13.0. The number of rotatable bonds is 6. The fraction of sp³-hybridized carbons (Fsp3) is 0.429. The van der Waals surface area contributed by atoms with Gasteiger partial charge in [0.2, 0.25) is 10.0 Å². The van der Waals surface area contributed by atoms with Crippen LogP contribution in [0.4, 0.5) is 5.00 Å². The van der Waals surface area contributed by atoms with E-state index in [2.05, 4.69) is 18.3 Å². The minimum absolute atomic E-state index is 0.0913. The molecular weight excluding hydrogens is 406 g/mol. The zero-order valence-corrected chi connectivity index (χ0v) is 18.5. The van der Waals surface area contributed by atoms with Crippen LogP contribution in [0.5, 0.6) is 0 Å². The lowest BCUT2D eigenvalue weighted by atomic mass is 9.88. The first kappa shape index (κ1) is 21.5. The molecule has 1 aliphatic carbocycles. The van der Waals surface area contributed by atoms with Crippen molar-refractivity contribution in [2.75, 3.05) is 18.4 Å². The number of anilines is 1. The summed E-state index contributed by atoms with van der Waals surface area (Å²) in [4.78, 5) is 14.1. The Kier molecular flexibility index (Phi) is 6.42. The Labute approximate surface area is 176 Å². The van der Waals surface area contributed by atoms with E-state index in [0.29, 0.717) is 29.6 Å². The number of nitriles is 1. The number of thiophene rings is 1. The zero-order chi connectivity index (χ0) is 21.2. The molecule has 29 heavy (non-hydrogen) atoms. The van der Waals surface area contributed by atoms with E-state index in [-0.39, 0.29) is 10.5 Å². The Morgan fingerprint density at radius 2 is 2.07 bits per heavy atom. The second-order valence-corrected chi connectivity index (χ2v) is 10.3. The number of amides is 1. The normalized spacial score (nSPS) is 16.3. The van der Waals surface area contributed by atoms with Crippen molar-refractivity contribution < 1.29 is 13.2 Å². The molecule has 0 radical (unpaired) electrons. The van der Waals surface area contributed by atoms with Crippen LogP contribution < -0.4 is 5.32 Å². The number of hydrogen-bond acceptors (Lipinski definition) is 5. The van der Waals surface area contributed by atoms with Crippen LogP contribution in [0.15, 0.2) is 29.2 Å². The predicted molar refractivity (Wildman–Crippen MR) is 115 cm³/mol. The van der Waals surface area contributed by atoms with Crippen LogP contribution in [0.2, 0.25) is 0 Å². The standard InChI is InChI=1S/C21H25N3O3S2/c1-4-24(5-2)29(26,27)16-8-6-7-15(12-16)20(25)23-21-18(13-22)17-10-9-14(3)11-19(17)28-21/h6-8,12,14H,4-5,9-11H2,1-3H3,(H,23,25)/t14-/m0/s1. The molecule has 8 heteroatoms. The van der Waals surface area contributed by atoms with Crippen molar-refractivity contribution in [1.82, 2.24) is 4.31 Å². The average molecular weight is 432 g/mol. The Morgan fingerprint density at radius 1 is 1.34 bits per heavy atom. The van der Waals surface area contributed by atoms with Crippen molar-refractivity contribution >= 4 is 32.3 Å². The third-order valence-electron chi connectivity index (χ3n) is 5.29. The first-order valence-corrected chi connectivity index (χ1v) is 12.0. The van der Waals surface area contributed by atoms with E-state index in [1.54, 1.807) is 26.0 Å². The van der Waals surface area contributed by atoms with Crippen LogP contribution in [0.1, 0.15) is 53.6 Å². The lowest BCUT2D eigenvalue weighted by Gasteiger charge is -2.18. The maximum Gasteiger partial charge on any atom is 0.256 e. The van der Waals surface area contributed by atoms with Gasteiger partial charge in [0.15, 0.2) is 0 Å². The van der Waals surface area contributed by atoms with E-state index in [4.69, 9.17) is 0 Å². The zero-order valence-electron chi connectivity index (χ0n) is 16.9. The summed E-state index contributed by atoms with van der Waals surface area (Å²) >= 11 is 1.45. The van der Waals surface area contributed by atoms with E-state index < -0.39 is 15.9 Å². The van der Waals surface area contributed by atoms with E-state index >= 15 is 0 Å². The molecule has 3 rings (SSSR count). The molecule has 0 saturated carbocycles. The molecule has 0 fully saturated rings. The van der Waals surface area contributed by atoms with Crippen molar-refractivity contribution in [3.63, 3.8) is 0 Å². The largest absolute Gasteiger partial charge is 0.312 e. The summed E-state index contributed by atoms with van der Waals surface area (Å²) in [6.45, 7) is 6.47. The monoisotopic (exact) mass is 431 g/mol. The molecule has 1 aromatic heterocycles. The molecule has 0 saturated heterocycles. The van der Waals surface area contributed by atoms with E-state index in [9.17, 15) is 18.5 Å². The van der Waals surface area contributed by atoms with E-state index in [1.165, 1.54) is 27.8 Å². The Balaban J connectivity index is 1.89. The van der Waals surface area contributed by atoms with E-state index in [0.717, 1.165) is 29.7 Å². The summed E-state index contributed by atoms with van der Waals surface area (Å²) in [6.07, 6.45) is 2.81. The molecule has 2 aromatic rings. The van der Waals surface area contributed by atoms with Gasteiger partial charge in [0.05, 0.1) is 10.5 Å². The van der Waals surface area contributed by atoms with Crippen LogP contribution in [0, 0.1) is 17.2 Å². The van der Waals surface area contributed by atoms with Crippen molar-refractivity contribution in [2.45, 2.75) is 44.9 Å². The maximum absolute atomic E-state index is 12.8. The maximum atomic E-state index is 12.8. The SMILES string of the molecule is CCN(CC)S(=O)(=O)c1cccc(C(=O)Nc2sc3c(c2C#N)CC[C@H](C)C3)c1. The number of hydrogen-bond donors (Lipinski definition) is 1. The van der Waals surface area contributed by atoms with E-state index in [1.807, 2.05) is 0 Å². The number of carbonyl (C=O) groups excluding carboxylic acids is 1. The highest BCUT2D eigenvalue weighted by Gasteiger charge is 2.26. The van der Waals surface area contributed by atoms with Gasteiger partial charge in [-0.15, -0.1) is 11.3 Å². The van der Waals surface area contributed by atoms with Gasteiger partial charge >= 0.3 is 0 Å². The average Bonchev–Trinajstić information content (AvgIpc) is 3.04. The van der Waals surface area contributed by atoms with Crippen LogP contribution in [-0.4, -0.2) is 31.7 Å². The molecule has 0 aliphatic heterocycles. The smallest absolute Gasteiger partial charge is 0.256 e. The lowest BCUT2D eigenvalue weighted by Crippen LogP contribution is -2.30. The summed E-state index contributed by atoms with van der Waals surface area (Å²) in [6, 6.07) is 8.27. The Bertz CT molecular complexity index is 1060. The minimum atomic E-state index is -3.65. The summed E-state index contributed by atoms with van der Waals surface area (Å²) in [5.41, 5.74) is 1.84. The number of carbonyl (C=O) groups is 1. The Morgan fingerprint density at radius 3 is 2.72 bits per heavy atom. The predicted octanol–water partition coefficient (Wildman–Crippen LogP) is 4.03. The molecule has 1 N–H and O–H groups in total. The number of fused-ring (bicyclic) bond motifs is 1. The second-order valence-electron chi connectivity index (χ2n) is 7.24. The van der Waals surface area contributed by atoms with Crippen LogP contribution in [-0.2, 0) is 22.9 Å². The fourth-order valence-corrected chi connectivity index (χ4v) is 6.50. The molecule has 6 nitrogen and oxygen atoms in total. The van der Waals surface area contributed by atoms with Gasteiger partial charge in [0, 0.05) is 23.5 Å². The van der Waals surface area contributed by atoms with Gasteiger partial charge < -0.3 is 5.32 Å². The molecule has 0 bridgehead atoms. The van der Waals surface area contributed by atoms with Crippen molar-refractivity contribution in [1.29, 1.82) is 5.26 Å². The quantitative estimate of drug-likeness (QED) is 0.748.